The molecule has 26 heavy (non-hydrogen) atoms. The first-order valence-corrected chi connectivity index (χ1v) is 11.4. The molecule has 1 heterocycles. The Morgan fingerprint density at radius 2 is 1.35 bits per heavy atom. The van der Waals surface area contributed by atoms with Gasteiger partial charge in [-0.15, -0.1) is 0 Å². The van der Waals surface area contributed by atoms with Crippen molar-refractivity contribution in [2.75, 3.05) is 0 Å². The molecule has 0 radical (unpaired) electrons. The van der Waals surface area contributed by atoms with Gasteiger partial charge in [-0.2, -0.15) is 0 Å². The monoisotopic (exact) mass is 362 g/mol. The molecular formula is C24H42O2. The fourth-order valence-electron chi connectivity index (χ4n) is 3.50. The lowest BCUT2D eigenvalue weighted by Crippen LogP contribution is -2.01. The third-order valence-electron chi connectivity index (χ3n) is 5.21. The summed E-state index contributed by atoms with van der Waals surface area (Å²) in [6, 6.07) is 0. The van der Waals surface area contributed by atoms with Crippen LogP contribution in [0.2, 0.25) is 0 Å². The van der Waals surface area contributed by atoms with Gasteiger partial charge in [0.05, 0.1) is 0 Å². The average molecular weight is 363 g/mol. The molecule has 1 aliphatic rings. The van der Waals surface area contributed by atoms with Crippen LogP contribution in [0.15, 0.2) is 24.3 Å². The van der Waals surface area contributed by atoms with Gasteiger partial charge in [-0.3, -0.25) is 4.79 Å². The SMILES string of the molecule is CCCCCCCCCCCCCCCCC=CC=CC1CCC(=O)O1. The second-order valence-electron chi connectivity index (χ2n) is 7.76. The maximum absolute atomic E-state index is 11.0. The number of hydrogen-bond donors (Lipinski definition) is 0. The summed E-state index contributed by atoms with van der Waals surface area (Å²) >= 11 is 0. The van der Waals surface area contributed by atoms with Gasteiger partial charge in [-0.05, 0) is 25.3 Å². The molecule has 1 rings (SSSR count). The lowest BCUT2D eigenvalue weighted by atomic mass is 10.0. The van der Waals surface area contributed by atoms with Crippen molar-refractivity contribution in [3.8, 4) is 0 Å². The first-order chi connectivity index (χ1) is 12.8. The lowest BCUT2D eigenvalue weighted by molar-refractivity contribution is -0.139. The number of esters is 1. The van der Waals surface area contributed by atoms with Gasteiger partial charge < -0.3 is 4.74 Å². The van der Waals surface area contributed by atoms with Crippen LogP contribution in [-0.4, -0.2) is 12.1 Å². The molecule has 0 N–H and O–H groups in total. The molecule has 0 saturated carbocycles. The Balaban J connectivity index is 1.75. The Morgan fingerprint density at radius 1 is 0.808 bits per heavy atom. The van der Waals surface area contributed by atoms with Gasteiger partial charge in [-0.1, -0.05) is 109 Å². The summed E-state index contributed by atoms with van der Waals surface area (Å²) in [5, 5.41) is 0. The van der Waals surface area contributed by atoms with Crippen molar-refractivity contribution in [1.82, 2.24) is 0 Å². The van der Waals surface area contributed by atoms with Crippen molar-refractivity contribution >= 4 is 5.97 Å². The van der Waals surface area contributed by atoms with Crippen LogP contribution in [0.5, 0.6) is 0 Å². The number of carbonyl (C=O) groups is 1. The summed E-state index contributed by atoms with van der Waals surface area (Å²) < 4.78 is 5.13. The van der Waals surface area contributed by atoms with Crippen LogP contribution in [0.3, 0.4) is 0 Å². The van der Waals surface area contributed by atoms with Gasteiger partial charge in [0.2, 0.25) is 0 Å². The first kappa shape index (κ1) is 23.0. The van der Waals surface area contributed by atoms with Crippen molar-refractivity contribution < 1.29 is 9.53 Å². The number of ether oxygens (including phenoxy) is 1. The largest absolute Gasteiger partial charge is 0.458 e. The molecule has 0 aromatic carbocycles. The van der Waals surface area contributed by atoms with Gasteiger partial charge in [0.1, 0.15) is 6.10 Å². The highest BCUT2D eigenvalue weighted by Crippen LogP contribution is 2.15. The lowest BCUT2D eigenvalue weighted by Gasteiger charge is -2.02. The second kappa shape index (κ2) is 17.4. The van der Waals surface area contributed by atoms with Crippen LogP contribution >= 0.6 is 0 Å². The van der Waals surface area contributed by atoms with Crippen LogP contribution in [0.1, 0.15) is 116 Å². The van der Waals surface area contributed by atoms with Crippen molar-refractivity contribution in [3.05, 3.63) is 24.3 Å². The fourth-order valence-corrected chi connectivity index (χ4v) is 3.50. The number of hydrogen-bond acceptors (Lipinski definition) is 2. The van der Waals surface area contributed by atoms with Crippen LogP contribution in [-0.2, 0) is 9.53 Å². The average Bonchev–Trinajstić information content (AvgIpc) is 3.06. The van der Waals surface area contributed by atoms with E-state index in [1.165, 1.54) is 89.9 Å². The maximum atomic E-state index is 11.0. The van der Waals surface area contributed by atoms with E-state index in [2.05, 4.69) is 19.1 Å². The third kappa shape index (κ3) is 14.2. The normalized spacial score (nSPS) is 17.6. The van der Waals surface area contributed by atoms with E-state index in [1.54, 1.807) is 0 Å². The smallest absolute Gasteiger partial charge is 0.306 e. The van der Waals surface area contributed by atoms with E-state index in [0.717, 1.165) is 12.8 Å². The highest BCUT2D eigenvalue weighted by molar-refractivity contribution is 5.71. The van der Waals surface area contributed by atoms with E-state index in [0.29, 0.717) is 6.42 Å². The Hall–Kier alpha value is -1.05. The van der Waals surface area contributed by atoms with E-state index >= 15 is 0 Å². The molecule has 150 valence electrons. The third-order valence-corrected chi connectivity index (χ3v) is 5.21. The van der Waals surface area contributed by atoms with Crippen LogP contribution in [0.4, 0.5) is 0 Å². The highest BCUT2D eigenvalue weighted by Gasteiger charge is 2.19. The topological polar surface area (TPSA) is 26.3 Å². The molecule has 0 amide bonds. The zero-order chi connectivity index (χ0) is 18.7. The summed E-state index contributed by atoms with van der Waals surface area (Å²) in [4.78, 5) is 11.0. The van der Waals surface area contributed by atoms with Gasteiger partial charge in [0, 0.05) is 6.42 Å². The number of rotatable bonds is 17. The second-order valence-corrected chi connectivity index (χ2v) is 7.76. The number of cyclic esters (lactones) is 1. The summed E-state index contributed by atoms with van der Waals surface area (Å²) in [7, 11) is 0. The van der Waals surface area contributed by atoms with Crippen LogP contribution in [0, 0.1) is 0 Å². The van der Waals surface area contributed by atoms with E-state index < -0.39 is 0 Å². The molecule has 1 fully saturated rings. The van der Waals surface area contributed by atoms with Crippen LogP contribution in [0.25, 0.3) is 0 Å². The van der Waals surface area contributed by atoms with E-state index in [1.807, 2.05) is 12.2 Å². The molecule has 1 unspecified atom stereocenters. The van der Waals surface area contributed by atoms with Gasteiger partial charge in [0.25, 0.3) is 0 Å². The molecule has 0 aromatic rings. The fraction of sp³-hybridized carbons (Fsp3) is 0.792. The minimum absolute atomic E-state index is 0.00760. The molecule has 2 nitrogen and oxygen atoms in total. The van der Waals surface area contributed by atoms with Crippen molar-refractivity contribution in [2.24, 2.45) is 0 Å². The van der Waals surface area contributed by atoms with E-state index in [4.69, 9.17) is 4.74 Å². The minimum Gasteiger partial charge on any atom is -0.458 e. The van der Waals surface area contributed by atoms with E-state index in [9.17, 15) is 4.79 Å². The van der Waals surface area contributed by atoms with Gasteiger partial charge in [0.15, 0.2) is 0 Å². The first-order valence-electron chi connectivity index (χ1n) is 11.4. The quantitative estimate of drug-likeness (QED) is 0.151. The number of carbonyl (C=O) groups excluding carboxylic acids is 1. The molecule has 1 aliphatic heterocycles. The van der Waals surface area contributed by atoms with Gasteiger partial charge >= 0.3 is 5.97 Å². The molecular weight excluding hydrogens is 320 g/mol. The Labute approximate surface area is 162 Å². The van der Waals surface area contributed by atoms with Crippen LogP contribution < -0.4 is 0 Å². The Kier molecular flexibility index (Phi) is 15.4. The predicted molar refractivity (Wildman–Crippen MR) is 112 cm³/mol. The van der Waals surface area contributed by atoms with Crippen molar-refractivity contribution in [1.29, 1.82) is 0 Å². The molecule has 2 heteroatoms. The Bertz CT molecular complexity index is 384. The highest BCUT2D eigenvalue weighted by atomic mass is 16.5. The molecule has 1 saturated heterocycles. The zero-order valence-electron chi connectivity index (χ0n) is 17.2. The molecule has 0 aliphatic carbocycles. The standard InChI is InChI=1S/C24H42O2/c1-2-3-4-5-6-7-8-9-10-11-12-13-14-15-16-17-18-19-20-23-21-22-24(25)26-23/h17-20,23H,2-16,21-22H2,1H3. The summed E-state index contributed by atoms with van der Waals surface area (Å²) in [6.45, 7) is 2.28. The molecule has 0 aromatic heterocycles. The summed E-state index contributed by atoms with van der Waals surface area (Å²) in [5.41, 5.74) is 0. The Morgan fingerprint density at radius 3 is 1.85 bits per heavy atom. The molecule has 0 spiro atoms. The van der Waals surface area contributed by atoms with E-state index in [-0.39, 0.29) is 12.1 Å². The summed E-state index contributed by atoms with van der Waals surface area (Å²) in [6.07, 6.45) is 30.7. The minimum atomic E-state index is -0.0639. The number of allylic oxidation sites excluding steroid dienone is 3. The maximum Gasteiger partial charge on any atom is 0.306 e. The van der Waals surface area contributed by atoms with Crippen molar-refractivity contribution in [2.45, 2.75) is 122 Å². The number of unbranched alkanes of at least 4 members (excludes halogenated alkanes) is 14. The predicted octanol–water partition coefficient (Wildman–Crippen LogP) is 7.68. The zero-order valence-corrected chi connectivity index (χ0v) is 17.2. The molecule has 1 atom stereocenters. The molecule has 0 bridgehead atoms. The van der Waals surface area contributed by atoms with Crippen molar-refractivity contribution in [3.63, 3.8) is 0 Å². The van der Waals surface area contributed by atoms with Gasteiger partial charge in [-0.25, -0.2) is 0 Å². The summed E-state index contributed by atoms with van der Waals surface area (Å²) in [5.74, 6) is -0.0639.